The Morgan fingerprint density at radius 2 is 2.00 bits per heavy atom. The quantitative estimate of drug-likeness (QED) is 0.394. The summed E-state index contributed by atoms with van der Waals surface area (Å²) in [5.74, 6) is -1.01. The molecule has 10 heteroatoms. The highest BCUT2D eigenvalue weighted by atomic mass is 19.4. The van der Waals surface area contributed by atoms with Crippen LogP contribution in [0.15, 0.2) is 48.9 Å². The fourth-order valence-corrected chi connectivity index (χ4v) is 4.91. The summed E-state index contributed by atoms with van der Waals surface area (Å²) in [5, 5.41) is 3.53. The third-order valence-electron chi connectivity index (χ3n) is 6.67. The average Bonchev–Trinajstić information content (AvgIpc) is 3.48. The standard InChI is InChI=1S/C25H24F3N5O2/c1-35-23-19-10-11-33(22(19)29-14-30-23)18-8-5-15(12-18)2-3-16-4-6-17-7-9-21(31-20(17)13-16)32-24(34)25(26,27)28/h4,6-7,9-11,13-15,18H,2-3,5,8,12H2,1H3,(H,31,32,34). The second-order valence-electron chi connectivity index (χ2n) is 8.89. The molecule has 0 bridgehead atoms. The molecule has 1 fully saturated rings. The first-order valence-corrected chi connectivity index (χ1v) is 11.4. The zero-order valence-electron chi connectivity index (χ0n) is 19.0. The van der Waals surface area contributed by atoms with E-state index in [1.165, 1.54) is 12.4 Å². The number of pyridine rings is 1. The van der Waals surface area contributed by atoms with E-state index < -0.39 is 12.1 Å². The van der Waals surface area contributed by atoms with Crippen molar-refractivity contribution < 1.29 is 22.7 Å². The first-order chi connectivity index (χ1) is 16.8. The van der Waals surface area contributed by atoms with Gasteiger partial charge in [-0.3, -0.25) is 4.79 Å². The number of hydrogen-bond acceptors (Lipinski definition) is 5. The molecule has 1 aliphatic rings. The van der Waals surface area contributed by atoms with Crippen LogP contribution in [0, 0.1) is 5.92 Å². The van der Waals surface area contributed by atoms with Crippen molar-refractivity contribution in [2.24, 2.45) is 5.92 Å². The summed E-state index contributed by atoms with van der Waals surface area (Å²) in [7, 11) is 1.60. The van der Waals surface area contributed by atoms with Crippen LogP contribution in [0.2, 0.25) is 0 Å². The SMILES string of the molecule is COc1ncnc2c1ccn2C1CCC(CCc2ccc3ccc(NC(=O)C(F)(F)F)nc3c2)C1. The molecule has 0 saturated heterocycles. The molecule has 3 heterocycles. The molecular formula is C25H24F3N5O2. The number of benzene rings is 1. The Balaban J connectivity index is 1.24. The van der Waals surface area contributed by atoms with E-state index in [0.717, 1.165) is 54.1 Å². The van der Waals surface area contributed by atoms with E-state index in [2.05, 4.69) is 25.7 Å². The molecule has 1 aromatic carbocycles. The monoisotopic (exact) mass is 483 g/mol. The molecule has 2 unspecified atom stereocenters. The molecule has 3 aromatic heterocycles. The summed E-state index contributed by atoms with van der Waals surface area (Å²) in [6.07, 6.45) is 3.71. The van der Waals surface area contributed by atoms with Crippen LogP contribution in [0.5, 0.6) is 5.88 Å². The number of nitrogens with zero attached hydrogens (tertiary/aromatic N) is 4. The number of ether oxygens (including phenoxy) is 1. The first kappa shape index (κ1) is 23.1. The Morgan fingerprint density at radius 3 is 2.80 bits per heavy atom. The molecular weight excluding hydrogens is 459 g/mol. The maximum atomic E-state index is 12.5. The lowest BCUT2D eigenvalue weighted by molar-refractivity contribution is -0.167. The van der Waals surface area contributed by atoms with Gasteiger partial charge in [0.2, 0.25) is 5.88 Å². The molecule has 0 aliphatic heterocycles. The lowest BCUT2D eigenvalue weighted by atomic mass is 9.97. The predicted molar refractivity (Wildman–Crippen MR) is 125 cm³/mol. The van der Waals surface area contributed by atoms with Gasteiger partial charge in [-0.05, 0) is 67.9 Å². The predicted octanol–water partition coefficient (Wildman–Crippen LogP) is 5.46. The summed E-state index contributed by atoms with van der Waals surface area (Å²) in [6.45, 7) is 0. The van der Waals surface area contributed by atoms with Crippen molar-refractivity contribution in [3.63, 3.8) is 0 Å². The third kappa shape index (κ3) is 4.78. The maximum absolute atomic E-state index is 12.5. The van der Waals surface area contributed by atoms with Crippen molar-refractivity contribution in [1.29, 1.82) is 0 Å². The number of carbonyl (C=O) groups is 1. The van der Waals surface area contributed by atoms with Gasteiger partial charge in [-0.2, -0.15) is 13.2 Å². The number of amides is 1. The summed E-state index contributed by atoms with van der Waals surface area (Å²) >= 11 is 0. The number of rotatable bonds is 6. The third-order valence-corrected chi connectivity index (χ3v) is 6.67. The highest BCUT2D eigenvalue weighted by molar-refractivity contribution is 5.95. The number of carbonyl (C=O) groups excluding carboxylic acids is 1. The number of anilines is 1. The fourth-order valence-electron chi connectivity index (χ4n) is 4.91. The number of aryl methyl sites for hydroxylation is 1. The van der Waals surface area contributed by atoms with Crippen molar-refractivity contribution in [2.75, 3.05) is 12.4 Å². The Labute approximate surface area is 199 Å². The van der Waals surface area contributed by atoms with Crippen molar-refractivity contribution in [1.82, 2.24) is 19.5 Å². The number of hydrogen-bond donors (Lipinski definition) is 1. The van der Waals surface area contributed by atoms with Crippen LogP contribution in [-0.4, -0.2) is 38.7 Å². The van der Waals surface area contributed by atoms with E-state index >= 15 is 0 Å². The second-order valence-corrected chi connectivity index (χ2v) is 8.89. The molecule has 0 spiro atoms. The maximum Gasteiger partial charge on any atom is 0.471 e. The molecule has 1 N–H and O–H groups in total. The number of methoxy groups -OCH3 is 1. The van der Waals surface area contributed by atoms with Crippen LogP contribution in [0.4, 0.5) is 19.0 Å². The molecule has 2 atom stereocenters. The van der Waals surface area contributed by atoms with E-state index in [9.17, 15) is 18.0 Å². The van der Waals surface area contributed by atoms with E-state index in [4.69, 9.17) is 4.74 Å². The number of aromatic nitrogens is 4. The highest BCUT2D eigenvalue weighted by Crippen LogP contribution is 2.39. The van der Waals surface area contributed by atoms with Gasteiger partial charge in [0.1, 0.15) is 17.8 Å². The van der Waals surface area contributed by atoms with Crippen molar-refractivity contribution >= 4 is 33.7 Å². The van der Waals surface area contributed by atoms with Gasteiger partial charge in [-0.25, -0.2) is 15.0 Å². The summed E-state index contributed by atoms with van der Waals surface area (Å²) in [6, 6.07) is 11.2. The molecule has 5 rings (SSSR count). The van der Waals surface area contributed by atoms with Gasteiger partial charge in [-0.1, -0.05) is 12.1 Å². The summed E-state index contributed by atoms with van der Waals surface area (Å²) in [4.78, 5) is 24.0. The van der Waals surface area contributed by atoms with Crippen molar-refractivity contribution in [3.8, 4) is 5.88 Å². The number of fused-ring (bicyclic) bond motifs is 2. The lowest BCUT2D eigenvalue weighted by Gasteiger charge is -2.15. The molecule has 0 radical (unpaired) electrons. The normalized spacial score (nSPS) is 18.3. The molecule has 1 saturated carbocycles. The lowest BCUT2D eigenvalue weighted by Crippen LogP contribution is -2.30. The van der Waals surface area contributed by atoms with Crippen molar-refractivity contribution in [2.45, 2.75) is 44.3 Å². The van der Waals surface area contributed by atoms with Gasteiger partial charge >= 0.3 is 12.1 Å². The Morgan fingerprint density at radius 1 is 1.17 bits per heavy atom. The van der Waals surface area contributed by atoms with E-state index in [1.54, 1.807) is 13.2 Å². The average molecular weight is 483 g/mol. The fraction of sp³-hybridized carbons (Fsp3) is 0.360. The second kappa shape index (κ2) is 9.16. The zero-order valence-corrected chi connectivity index (χ0v) is 19.0. The van der Waals surface area contributed by atoms with Crippen molar-refractivity contribution in [3.05, 3.63) is 54.5 Å². The van der Waals surface area contributed by atoms with Gasteiger partial charge in [0.15, 0.2) is 0 Å². The minimum Gasteiger partial charge on any atom is -0.480 e. The van der Waals surface area contributed by atoms with Crippen LogP contribution in [0.1, 0.15) is 37.3 Å². The zero-order chi connectivity index (χ0) is 24.6. The molecule has 182 valence electrons. The molecule has 35 heavy (non-hydrogen) atoms. The molecule has 7 nitrogen and oxygen atoms in total. The smallest absolute Gasteiger partial charge is 0.471 e. The van der Waals surface area contributed by atoms with Crippen LogP contribution < -0.4 is 10.1 Å². The Kier molecular flexibility index (Phi) is 6.04. The van der Waals surface area contributed by atoms with Crippen LogP contribution >= 0.6 is 0 Å². The van der Waals surface area contributed by atoms with E-state index in [-0.39, 0.29) is 5.82 Å². The van der Waals surface area contributed by atoms with E-state index in [0.29, 0.717) is 23.4 Å². The number of nitrogens with one attached hydrogen (secondary N) is 1. The van der Waals surface area contributed by atoms with Crippen LogP contribution in [0.25, 0.3) is 21.9 Å². The van der Waals surface area contributed by atoms with Gasteiger partial charge in [-0.15, -0.1) is 0 Å². The molecule has 1 aliphatic carbocycles. The minimum atomic E-state index is -4.95. The largest absolute Gasteiger partial charge is 0.480 e. The summed E-state index contributed by atoms with van der Waals surface area (Å²) in [5.41, 5.74) is 2.51. The number of halogens is 3. The molecule has 4 aromatic rings. The topological polar surface area (TPSA) is 81.9 Å². The van der Waals surface area contributed by atoms with Gasteiger partial charge in [0.25, 0.3) is 0 Å². The number of alkyl halides is 3. The van der Waals surface area contributed by atoms with E-state index in [1.807, 2.05) is 29.6 Å². The van der Waals surface area contributed by atoms with Gasteiger partial charge in [0.05, 0.1) is 18.0 Å². The Bertz CT molecular complexity index is 1380. The Hall–Kier alpha value is -3.69. The van der Waals surface area contributed by atoms with Gasteiger partial charge < -0.3 is 14.6 Å². The highest BCUT2D eigenvalue weighted by Gasteiger charge is 2.39. The van der Waals surface area contributed by atoms with Crippen LogP contribution in [0.3, 0.4) is 0 Å². The minimum absolute atomic E-state index is 0.116. The molecule has 1 amide bonds. The van der Waals surface area contributed by atoms with Crippen LogP contribution in [-0.2, 0) is 11.2 Å². The van der Waals surface area contributed by atoms with Gasteiger partial charge in [0, 0.05) is 17.6 Å². The first-order valence-electron chi connectivity index (χ1n) is 11.4. The summed E-state index contributed by atoms with van der Waals surface area (Å²) < 4.78 is 45.2.